The van der Waals surface area contributed by atoms with E-state index in [9.17, 15) is 0 Å². The van der Waals surface area contributed by atoms with E-state index in [2.05, 4.69) is 55.2 Å². The molecule has 2 rings (SSSR count). The van der Waals surface area contributed by atoms with Crippen LogP contribution in [0, 0.1) is 5.41 Å². The Bertz CT molecular complexity index is 418. The lowest BCUT2D eigenvalue weighted by molar-refractivity contribution is 0.122. The van der Waals surface area contributed by atoms with Crippen molar-refractivity contribution in [2.75, 3.05) is 18.9 Å². The van der Waals surface area contributed by atoms with Crippen LogP contribution in [0.2, 0.25) is 0 Å². The Morgan fingerprint density at radius 3 is 2.65 bits per heavy atom. The van der Waals surface area contributed by atoms with Gasteiger partial charge in [-0.25, -0.2) is 4.98 Å². The minimum absolute atomic E-state index is 0.542. The van der Waals surface area contributed by atoms with Crippen molar-refractivity contribution in [3.63, 3.8) is 0 Å². The molecule has 0 spiro atoms. The number of anilines is 1. The number of nitrogens with zero attached hydrogens (tertiary/aromatic N) is 2. The van der Waals surface area contributed by atoms with E-state index in [0.717, 1.165) is 24.6 Å². The van der Waals surface area contributed by atoms with Crippen LogP contribution in [0.25, 0.3) is 0 Å². The maximum absolute atomic E-state index is 4.67. The molecule has 0 amide bonds. The fraction of sp³-hybridized carbons (Fsp3) is 0.706. The van der Waals surface area contributed by atoms with Gasteiger partial charge in [0, 0.05) is 19.1 Å². The minimum Gasteiger partial charge on any atom is -0.370 e. The van der Waals surface area contributed by atoms with E-state index in [1.807, 2.05) is 6.07 Å². The van der Waals surface area contributed by atoms with E-state index in [1.165, 1.54) is 25.7 Å². The highest BCUT2D eigenvalue weighted by Crippen LogP contribution is 2.36. The van der Waals surface area contributed by atoms with Gasteiger partial charge in [-0.3, -0.25) is 4.90 Å². The number of rotatable bonds is 5. The molecule has 3 heteroatoms. The number of pyridine rings is 1. The monoisotopic (exact) mass is 275 g/mol. The molecule has 3 nitrogen and oxygen atoms in total. The zero-order valence-corrected chi connectivity index (χ0v) is 13.4. The second kappa shape index (κ2) is 6.57. The summed E-state index contributed by atoms with van der Waals surface area (Å²) < 4.78 is 0. The third-order valence-electron chi connectivity index (χ3n) is 4.51. The average Bonchev–Trinajstić information content (AvgIpc) is 2.39. The van der Waals surface area contributed by atoms with Gasteiger partial charge in [-0.15, -0.1) is 0 Å². The number of hydrogen-bond donors (Lipinski definition) is 1. The summed E-state index contributed by atoms with van der Waals surface area (Å²) in [5.74, 6) is 0.989. The maximum atomic E-state index is 4.67. The third-order valence-corrected chi connectivity index (χ3v) is 4.51. The van der Waals surface area contributed by atoms with Crippen LogP contribution >= 0.6 is 0 Å². The molecule has 0 atom stereocenters. The van der Waals surface area contributed by atoms with Crippen LogP contribution in [-0.2, 0) is 6.54 Å². The largest absolute Gasteiger partial charge is 0.370 e. The summed E-state index contributed by atoms with van der Waals surface area (Å²) in [5.41, 5.74) is 1.70. The maximum Gasteiger partial charge on any atom is 0.126 e. The molecular formula is C17H29N3. The van der Waals surface area contributed by atoms with Gasteiger partial charge in [0.2, 0.25) is 0 Å². The van der Waals surface area contributed by atoms with Crippen molar-refractivity contribution in [3.8, 4) is 0 Å². The van der Waals surface area contributed by atoms with Crippen LogP contribution in [0.3, 0.4) is 0 Å². The summed E-state index contributed by atoms with van der Waals surface area (Å²) in [6.45, 7) is 8.76. The first-order valence-corrected chi connectivity index (χ1v) is 7.90. The Morgan fingerprint density at radius 1 is 1.30 bits per heavy atom. The number of hydrogen-bond acceptors (Lipinski definition) is 3. The summed E-state index contributed by atoms with van der Waals surface area (Å²) in [6, 6.07) is 6.98. The van der Waals surface area contributed by atoms with Crippen molar-refractivity contribution in [1.82, 2.24) is 9.88 Å². The Labute approximate surface area is 123 Å². The van der Waals surface area contributed by atoms with Crippen LogP contribution < -0.4 is 5.32 Å². The van der Waals surface area contributed by atoms with E-state index < -0.39 is 0 Å². The van der Waals surface area contributed by atoms with E-state index in [-0.39, 0.29) is 0 Å². The smallest absolute Gasteiger partial charge is 0.126 e. The van der Waals surface area contributed by atoms with Crippen molar-refractivity contribution in [2.24, 2.45) is 5.41 Å². The van der Waals surface area contributed by atoms with Gasteiger partial charge >= 0.3 is 0 Å². The highest BCUT2D eigenvalue weighted by Gasteiger charge is 2.28. The molecule has 1 N–H and O–H groups in total. The lowest BCUT2D eigenvalue weighted by atomic mass is 9.75. The number of nitrogens with one attached hydrogen (secondary N) is 1. The lowest BCUT2D eigenvalue weighted by Crippen LogP contribution is -2.36. The van der Waals surface area contributed by atoms with Gasteiger partial charge < -0.3 is 5.32 Å². The second-order valence-electron chi connectivity index (χ2n) is 6.85. The molecule has 20 heavy (non-hydrogen) atoms. The Balaban J connectivity index is 1.91. The van der Waals surface area contributed by atoms with Gasteiger partial charge in [0.1, 0.15) is 5.82 Å². The quantitative estimate of drug-likeness (QED) is 0.883. The van der Waals surface area contributed by atoms with Crippen LogP contribution in [0.4, 0.5) is 5.82 Å². The van der Waals surface area contributed by atoms with Crippen LogP contribution in [0.1, 0.15) is 52.1 Å². The molecule has 1 aromatic heterocycles. The molecule has 0 unspecified atom stereocenters. The molecule has 1 saturated carbocycles. The van der Waals surface area contributed by atoms with Gasteiger partial charge in [0.05, 0.1) is 5.69 Å². The van der Waals surface area contributed by atoms with Crippen LogP contribution in [0.15, 0.2) is 18.2 Å². The topological polar surface area (TPSA) is 28.2 Å². The SMILES string of the molecule is CCNc1cccc(CN(C)C2CCC(C)(C)CC2)n1. The van der Waals surface area contributed by atoms with Crippen LogP contribution in [0.5, 0.6) is 0 Å². The highest BCUT2D eigenvalue weighted by atomic mass is 15.1. The summed E-state index contributed by atoms with van der Waals surface area (Å²) in [6.07, 6.45) is 5.31. The van der Waals surface area contributed by atoms with E-state index in [0.29, 0.717) is 11.5 Å². The highest BCUT2D eigenvalue weighted by molar-refractivity contribution is 5.34. The first-order valence-electron chi connectivity index (χ1n) is 7.90. The fourth-order valence-corrected chi connectivity index (χ4v) is 3.06. The van der Waals surface area contributed by atoms with Gasteiger partial charge in [-0.2, -0.15) is 0 Å². The molecule has 1 aromatic rings. The molecule has 1 aliphatic rings. The zero-order valence-electron chi connectivity index (χ0n) is 13.4. The van der Waals surface area contributed by atoms with Crippen molar-refractivity contribution < 1.29 is 0 Å². The molecule has 0 radical (unpaired) electrons. The molecular weight excluding hydrogens is 246 g/mol. The van der Waals surface area contributed by atoms with Gasteiger partial charge in [-0.1, -0.05) is 19.9 Å². The summed E-state index contributed by atoms with van der Waals surface area (Å²) >= 11 is 0. The van der Waals surface area contributed by atoms with Crippen molar-refractivity contribution in [2.45, 2.75) is 59.0 Å². The Kier molecular flexibility index (Phi) is 5.03. The van der Waals surface area contributed by atoms with Crippen molar-refractivity contribution in [1.29, 1.82) is 0 Å². The summed E-state index contributed by atoms with van der Waals surface area (Å²) in [4.78, 5) is 7.15. The Hall–Kier alpha value is -1.09. The molecule has 112 valence electrons. The molecule has 1 fully saturated rings. The third kappa shape index (κ3) is 4.20. The molecule has 0 aromatic carbocycles. The molecule has 0 aliphatic heterocycles. The van der Waals surface area contributed by atoms with Gasteiger partial charge in [0.25, 0.3) is 0 Å². The summed E-state index contributed by atoms with van der Waals surface area (Å²) in [7, 11) is 2.24. The summed E-state index contributed by atoms with van der Waals surface area (Å²) in [5, 5.41) is 3.28. The van der Waals surface area contributed by atoms with Gasteiger partial charge in [0.15, 0.2) is 0 Å². The molecule has 1 aliphatic carbocycles. The van der Waals surface area contributed by atoms with Gasteiger partial charge in [-0.05, 0) is 57.2 Å². The van der Waals surface area contributed by atoms with E-state index >= 15 is 0 Å². The predicted octanol–water partition coefficient (Wildman–Crippen LogP) is 3.91. The van der Waals surface area contributed by atoms with E-state index in [4.69, 9.17) is 0 Å². The van der Waals surface area contributed by atoms with E-state index in [1.54, 1.807) is 0 Å². The average molecular weight is 275 g/mol. The van der Waals surface area contributed by atoms with Crippen LogP contribution in [-0.4, -0.2) is 29.5 Å². The minimum atomic E-state index is 0.542. The zero-order chi connectivity index (χ0) is 14.6. The molecule has 0 bridgehead atoms. The van der Waals surface area contributed by atoms with Crippen molar-refractivity contribution in [3.05, 3.63) is 23.9 Å². The Morgan fingerprint density at radius 2 is 2.00 bits per heavy atom. The second-order valence-corrected chi connectivity index (χ2v) is 6.85. The molecule has 1 heterocycles. The van der Waals surface area contributed by atoms with Crippen molar-refractivity contribution >= 4 is 5.82 Å². The number of aromatic nitrogens is 1. The predicted molar refractivity (Wildman–Crippen MR) is 85.9 cm³/mol. The molecule has 0 saturated heterocycles. The fourth-order valence-electron chi connectivity index (χ4n) is 3.06. The first kappa shape index (κ1) is 15.3. The normalized spacial score (nSPS) is 19.2. The standard InChI is InChI=1S/C17H29N3/c1-5-18-16-8-6-7-14(19-16)13-20(4)15-9-11-17(2,3)12-10-15/h6-8,15H,5,9-13H2,1-4H3,(H,18,19). The lowest BCUT2D eigenvalue weighted by Gasteiger charge is -2.38. The first-order chi connectivity index (χ1) is 9.50.